The fraction of sp³-hybridized carbons (Fsp3) is 1.00. The van der Waals surface area contributed by atoms with Crippen LogP contribution in [0, 0.1) is 0 Å². The van der Waals surface area contributed by atoms with E-state index in [9.17, 15) is 0 Å². The average Bonchev–Trinajstić information content (AvgIpc) is 2.52. The third-order valence-electron chi connectivity index (χ3n) is 3.72. The van der Waals surface area contributed by atoms with Crippen LogP contribution in [0.4, 0.5) is 0 Å². The zero-order valence-electron chi connectivity index (χ0n) is 14.9. The predicted octanol–water partition coefficient (Wildman–Crippen LogP) is 5.91. The number of hydrogen-bond acceptors (Lipinski definition) is 3. The Labute approximate surface area is 148 Å². The molecular formula is C18H37ClO2S. The first kappa shape index (κ1) is 22.6. The molecule has 0 aliphatic rings. The van der Waals surface area contributed by atoms with Crippen LogP contribution in [0.1, 0.15) is 72.1 Å². The van der Waals surface area contributed by atoms with Crippen molar-refractivity contribution >= 4 is 23.4 Å². The number of halogens is 1. The van der Waals surface area contributed by atoms with Crippen molar-refractivity contribution in [1.29, 1.82) is 0 Å². The lowest BCUT2D eigenvalue weighted by molar-refractivity contribution is 0.0135. The fourth-order valence-electron chi connectivity index (χ4n) is 2.17. The largest absolute Gasteiger partial charge is 0.378 e. The standard InChI is InChI=1S/C18H37ClO2S/c1-4-6-8-10-15-22-16-14-20-12-13-21-17(3)18(19)11-9-7-5-2/h17-18H,4-16H2,1-3H3/t17-,18+/m1/s1. The number of ether oxygens (including phenoxy) is 2. The number of alkyl halides is 1. The number of unbranched alkanes of at least 4 members (excludes halogenated alkanes) is 5. The lowest BCUT2D eigenvalue weighted by Gasteiger charge is -2.18. The van der Waals surface area contributed by atoms with Crippen LogP contribution in [0.3, 0.4) is 0 Å². The van der Waals surface area contributed by atoms with Gasteiger partial charge in [-0.15, -0.1) is 11.6 Å². The molecule has 0 aliphatic carbocycles. The molecule has 22 heavy (non-hydrogen) atoms. The van der Waals surface area contributed by atoms with Crippen LogP contribution in [0.5, 0.6) is 0 Å². The van der Waals surface area contributed by atoms with Gasteiger partial charge in [0.15, 0.2) is 0 Å². The summed E-state index contributed by atoms with van der Waals surface area (Å²) in [5.41, 5.74) is 0. The fourth-order valence-corrected chi connectivity index (χ4v) is 3.25. The van der Waals surface area contributed by atoms with Crippen molar-refractivity contribution in [2.45, 2.75) is 83.6 Å². The molecule has 0 amide bonds. The van der Waals surface area contributed by atoms with E-state index in [1.807, 2.05) is 11.8 Å². The smallest absolute Gasteiger partial charge is 0.0711 e. The summed E-state index contributed by atoms with van der Waals surface area (Å²) < 4.78 is 11.3. The van der Waals surface area contributed by atoms with E-state index in [2.05, 4.69) is 20.8 Å². The zero-order chi connectivity index (χ0) is 16.5. The molecule has 0 fully saturated rings. The summed E-state index contributed by atoms with van der Waals surface area (Å²) in [6, 6.07) is 0. The minimum atomic E-state index is 0.120. The monoisotopic (exact) mass is 352 g/mol. The van der Waals surface area contributed by atoms with Gasteiger partial charge >= 0.3 is 0 Å². The molecule has 0 saturated carbocycles. The maximum absolute atomic E-state index is 6.33. The lowest BCUT2D eigenvalue weighted by Crippen LogP contribution is -2.23. The van der Waals surface area contributed by atoms with E-state index in [0.717, 1.165) is 18.8 Å². The van der Waals surface area contributed by atoms with Gasteiger partial charge < -0.3 is 9.47 Å². The molecule has 0 aromatic heterocycles. The first-order valence-electron chi connectivity index (χ1n) is 9.13. The molecule has 0 rings (SSSR count). The van der Waals surface area contributed by atoms with Gasteiger partial charge in [-0.2, -0.15) is 11.8 Å². The molecule has 0 bridgehead atoms. The Morgan fingerprint density at radius 3 is 2.32 bits per heavy atom. The Morgan fingerprint density at radius 2 is 1.59 bits per heavy atom. The average molecular weight is 353 g/mol. The van der Waals surface area contributed by atoms with Gasteiger partial charge in [-0.3, -0.25) is 0 Å². The van der Waals surface area contributed by atoms with Crippen LogP contribution in [-0.2, 0) is 9.47 Å². The molecule has 0 unspecified atom stereocenters. The molecule has 0 N–H and O–H groups in total. The van der Waals surface area contributed by atoms with Gasteiger partial charge in [-0.05, 0) is 25.5 Å². The van der Waals surface area contributed by atoms with Crippen LogP contribution in [0.15, 0.2) is 0 Å². The van der Waals surface area contributed by atoms with Gasteiger partial charge in [-0.25, -0.2) is 0 Å². The molecule has 134 valence electrons. The second kappa shape index (κ2) is 17.9. The van der Waals surface area contributed by atoms with Crippen molar-refractivity contribution in [3.05, 3.63) is 0 Å². The summed E-state index contributed by atoms with van der Waals surface area (Å²) in [5, 5.41) is 0.130. The predicted molar refractivity (Wildman–Crippen MR) is 101 cm³/mol. The third kappa shape index (κ3) is 15.5. The van der Waals surface area contributed by atoms with E-state index in [1.165, 1.54) is 50.7 Å². The quantitative estimate of drug-likeness (QED) is 0.239. The molecule has 2 nitrogen and oxygen atoms in total. The highest BCUT2D eigenvalue weighted by Crippen LogP contribution is 2.15. The number of hydrogen-bond donors (Lipinski definition) is 0. The van der Waals surface area contributed by atoms with Gasteiger partial charge in [0.2, 0.25) is 0 Å². The SMILES string of the molecule is CCCCCCSCCOCCO[C@H](C)[C@@H](Cl)CCCCC. The Bertz CT molecular complexity index is 217. The number of rotatable bonds is 17. The normalized spacial score (nSPS) is 14.2. The second-order valence-corrected chi connectivity index (χ2v) is 7.66. The summed E-state index contributed by atoms with van der Waals surface area (Å²) in [5.74, 6) is 2.36. The van der Waals surface area contributed by atoms with Crippen LogP contribution in [0.2, 0.25) is 0 Å². The first-order chi connectivity index (χ1) is 10.7. The summed E-state index contributed by atoms with van der Waals surface area (Å²) in [7, 11) is 0. The molecule has 0 aromatic carbocycles. The second-order valence-electron chi connectivity index (χ2n) is 5.87. The maximum atomic E-state index is 6.33. The Morgan fingerprint density at radius 1 is 0.864 bits per heavy atom. The number of thioether (sulfide) groups is 1. The van der Waals surface area contributed by atoms with E-state index >= 15 is 0 Å². The van der Waals surface area contributed by atoms with Crippen molar-refractivity contribution in [3.63, 3.8) is 0 Å². The Hall–Kier alpha value is 0.560. The summed E-state index contributed by atoms with van der Waals surface area (Å²) in [4.78, 5) is 0. The minimum Gasteiger partial charge on any atom is -0.378 e. The van der Waals surface area contributed by atoms with Gasteiger partial charge in [0, 0.05) is 5.75 Å². The summed E-state index contributed by atoms with van der Waals surface area (Å²) in [6.45, 7) is 8.69. The van der Waals surface area contributed by atoms with E-state index < -0.39 is 0 Å². The first-order valence-corrected chi connectivity index (χ1v) is 10.7. The minimum absolute atomic E-state index is 0.120. The van der Waals surface area contributed by atoms with Crippen LogP contribution in [-0.4, -0.2) is 42.8 Å². The van der Waals surface area contributed by atoms with Crippen LogP contribution < -0.4 is 0 Å². The van der Waals surface area contributed by atoms with Crippen molar-refractivity contribution in [1.82, 2.24) is 0 Å². The van der Waals surface area contributed by atoms with E-state index in [-0.39, 0.29) is 11.5 Å². The van der Waals surface area contributed by atoms with Crippen molar-refractivity contribution in [2.24, 2.45) is 0 Å². The van der Waals surface area contributed by atoms with Gasteiger partial charge in [0.1, 0.15) is 0 Å². The summed E-state index contributed by atoms with van der Waals surface area (Å²) >= 11 is 8.33. The van der Waals surface area contributed by atoms with Gasteiger partial charge in [0.25, 0.3) is 0 Å². The third-order valence-corrected chi connectivity index (χ3v) is 5.32. The van der Waals surface area contributed by atoms with E-state index in [4.69, 9.17) is 21.1 Å². The molecule has 0 radical (unpaired) electrons. The highest BCUT2D eigenvalue weighted by molar-refractivity contribution is 7.99. The molecular weight excluding hydrogens is 316 g/mol. The molecule has 0 aromatic rings. The van der Waals surface area contributed by atoms with Gasteiger partial charge in [0.05, 0.1) is 31.3 Å². The van der Waals surface area contributed by atoms with Crippen molar-refractivity contribution in [3.8, 4) is 0 Å². The molecule has 2 atom stereocenters. The summed E-state index contributed by atoms with van der Waals surface area (Å²) in [6.07, 6.45) is 10.3. The highest BCUT2D eigenvalue weighted by Gasteiger charge is 2.14. The highest BCUT2D eigenvalue weighted by atomic mass is 35.5. The zero-order valence-corrected chi connectivity index (χ0v) is 16.5. The lowest BCUT2D eigenvalue weighted by atomic mass is 10.1. The van der Waals surface area contributed by atoms with Crippen molar-refractivity contribution < 1.29 is 9.47 Å². The van der Waals surface area contributed by atoms with Crippen LogP contribution in [0.25, 0.3) is 0 Å². The van der Waals surface area contributed by atoms with E-state index in [1.54, 1.807) is 0 Å². The molecule has 0 heterocycles. The molecule has 0 spiro atoms. The molecule has 4 heteroatoms. The molecule has 0 aliphatic heterocycles. The Balaban J connectivity index is 3.24. The van der Waals surface area contributed by atoms with E-state index in [0.29, 0.717) is 13.2 Å². The van der Waals surface area contributed by atoms with Crippen LogP contribution >= 0.6 is 23.4 Å². The topological polar surface area (TPSA) is 18.5 Å². The van der Waals surface area contributed by atoms with Crippen molar-refractivity contribution in [2.75, 3.05) is 31.3 Å². The molecule has 0 saturated heterocycles. The Kier molecular flexibility index (Phi) is 18.4. The van der Waals surface area contributed by atoms with Gasteiger partial charge in [-0.1, -0.05) is 52.4 Å². The maximum Gasteiger partial charge on any atom is 0.0711 e.